The van der Waals surface area contributed by atoms with Gasteiger partial charge in [0.05, 0.1) is 10.0 Å². The molecule has 0 radical (unpaired) electrons. The number of ether oxygens (including phenoxy) is 1. The van der Waals surface area contributed by atoms with Crippen molar-refractivity contribution in [1.29, 1.82) is 5.26 Å². The van der Waals surface area contributed by atoms with Crippen LogP contribution in [0.15, 0.2) is 16.6 Å². The van der Waals surface area contributed by atoms with Crippen LogP contribution >= 0.6 is 15.9 Å². The lowest BCUT2D eigenvalue weighted by atomic mass is 10.2. The molecule has 74 valence electrons. The molecule has 0 saturated heterocycles. The van der Waals surface area contributed by atoms with Crippen molar-refractivity contribution in [3.05, 3.63) is 28.0 Å². The summed E-state index contributed by atoms with van der Waals surface area (Å²) in [7, 11) is 0. The Morgan fingerprint density at radius 3 is 2.79 bits per heavy atom. The van der Waals surface area contributed by atoms with Gasteiger partial charge >= 0.3 is 0 Å². The molecule has 0 amide bonds. The van der Waals surface area contributed by atoms with Gasteiger partial charge in [-0.3, -0.25) is 0 Å². The molecule has 1 aromatic carbocycles. The van der Waals surface area contributed by atoms with Crippen LogP contribution in [-0.2, 0) is 0 Å². The monoisotopic (exact) mass is 261 g/mol. The van der Waals surface area contributed by atoms with Crippen LogP contribution in [0.5, 0.6) is 5.75 Å². The third-order valence-corrected chi connectivity index (χ3v) is 2.28. The predicted octanol–water partition coefficient (Wildman–Crippen LogP) is 2.81. The smallest absolute Gasteiger partial charge is 0.180 e. The maximum absolute atomic E-state index is 13.3. The van der Waals surface area contributed by atoms with Crippen molar-refractivity contribution < 1.29 is 13.5 Å². The molecule has 0 aliphatic carbocycles. The van der Waals surface area contributed by atoms with Crippen LogP contribution in [-0.4, -0.2) is 13.3 Å². The van der Waals surface area contributed by atoms with Crippen molar-refractivity contribution in [3.63, 3.8) is 0 Å². The van der Waals surface area contributed by atoms with Crippen molar-refractivity contribution in [3.8, 4) is 11.8 Å². The summed E-state index contributed by atoms with van der Waals surface area (Å²) in [6.45, 7) is -0.883. The maximum Gasteiger partial charge on any atom is 0.180 e. The summed E-state index contributed by atoms with van der Waals surface area (Å²) in [5.41, 5.74) is 0.176. The molecule has 14 heavy (non-hydrogen) atoms. The van der Waals surface area contributed by atoms with Crippen molar-refractivity contribution in [1.82, 2.24) is 0 Å². The van der Waals surface area contributed by atoms with E-state index in [2.05, 4.69) is 15.9 Å². The zero-order valence-electron chi connectivity index (χ0n) is 7.06. The molecule has 1 aromatic rings. The molecule has 0 saturated carbocycles. The lowest BCUT2D eigenvalue weighted by molar-refractivity contribution is 0.262. The normalized spacial score (nSPS) is 9.57. The molecule has 1 rings (SSSR count). The minimum absolute atomic E-state index is 0.0383. The summed E-state index contributed by atoms with van der Waals surface area (Å²) in [4.78, 5) is 0. The maximum atomic E-state index is 13.3. The zero-order valence-corrected chi connectivity index (χ0v) is 8.64. The average molecular weight is 262 g/mol. The number of rotatable bonds is 3. The van der Waals surface area contributed by atoms with Gasteiger partial charge in [-0.1, -0.05) is 0 Å². The van der Waals surface area contributed by atoms with Gasteiger partial charge < -0.3 is 4.74 Å². The highest BCUT2D eigenvalue weighted by Crippen LogP contribution is 2.28. The summed E-state index contributed by atoms with van der Waals surface area (Å²) in [5, 5.41) is 8.56. The molecule has 2 nitrogen and oxygen atoms in total. The second-order valence-electron chi connectivity index (χ2n) is 2.39. The lowest BCUT2D eigenvalue weighted by Crippen LogP contribution is -2.01. The van der Waals surface area contributed by atoms with Crippen LogP contribution in [0.25, 0.3) is 0 Å². The minimum Gasteiger partial charge on any atom is -0.488 e. The second-order valence-corrected chi connectivity index (χ2v) is 3.18. The molecule has 0 unspecified atom stereocenters. The van der Waals surface area contributed by atoms with Gasteiger partial charge in [-0.15, -0.1) is 0 Å². The first kappa shape index (κ1) is 10.9. The molecule has 0 N–H and O–H groups in total. The third kappa shape index (κ3) is 2.20. The molecule has 0 aliphatic heterocycles. The summed E-state index contributed by atoms with van der Waals surface area (Å²) in [6.07, 6.45) is 0. The molecule has 0 fully saturated rings. The van der Waals surface area contributed by atoms with Crippen molar-refractivity contribution >= 4 is 15.9 Å². The van der Waals surface area contributed by atoms with E-state index < -0.39 is 12.5 Å². The van der Waals surface area contributed by atoms with Gasteiger partial charge in [-0.05, 0) is 28.1 Å². The van der Waals surface area contributed by atoms with E-state index in [0.717, 1.165) is 0 Å². The Bertz CT molecular complexity index is 376. The molecule has 5 heteroatoms. The SMILES string of the molecule is N#Cc1ccc(OCCF)c(F)c1Br. The molecule has 0 aromatic heterocycles. The quantitative estimate of drug-likeness (QED) is 0.839. The Kier molecular flexibility index (Phi) is 3.84. The fourth-order valence-electron chi connectivity index (χ4n) is 0.878. The number of nitriles is 1. The van der Waals surface area contributed by atoms with Crippen LogP contribution in [0.1, 0.15) is 5.56 Å². The molecule has 0 spiro atoms. The second kappa shape index (κ2) is 4.91. The van der Waals surface area contributed by atoms with Crippen LogP contribution in [0.2, 0.25) is 0 Å². The van der Waals surface area contributed by atoms with E-state index in [0.29, 0.717) is 0 Å². The van der Waals surface area contributed by atoms with Gasteiger partial charge in [0.25, 0.3) is 0 Å². The first-order valence-corrected chi connectivity index (χ1v) is 4.57. The lowest BCUT2D eigenvalue weighted by Gasteiger charge is -2.06. The highest BCUT2D eigenvalue weighted by molar-refractivity contribution is 9.10. The van der Waals surface area contributed by atoms with Crippen molar-refractivity contribution in [2.75, 3.05) is 13.3 Å². The fourth-order valence-corrected chi connectivity index (χ4v) is 1.29. The number of alkyl halides is 1. The summed E-state index contributed by atoms with van der Waals surface area (Å²) >= 11 is 2.91. The number of benzene rings is 1. The van der Waals surface area contributed by atoms with Crippen LogP contribution in [0.3, 0.4) is 0 Å². The van der Waals surface area contributed by atoms with Gasteiger partial charge in [-0.25, -0.2) is 8.78 Å². The molecule has 0 atom stereocenters. The average Bonchev–Trinajstić information content (AvgIpc) is 2.20. The topological polar surface area (TPSA) is 33.0 Å². The number of halogens is 3. The molecule has 0 aliphatic rings. The predicted molar refractivity (Wildman–Crippen MR) is 50.3 cm³/mol. The number of hydrogen-bond acceptors (Lipinski definition) is 2. The standard InChI is InChI=1S/C9H6BrF2NO/c10-8-6(5-13)1-2-7(9(8)12)14-4-3-11/h1-2H,3-4H2. The number of hydrogen-bond donors (Lipinski definition) is 0. The van der Waals surface area contributed by atoms with E-state index >= 15 is 0 Å². The van der Waals surface area contributed by atoms with Gasteiger partial charge in [0, 0.05) is 0 Å². The van der Waals surface area contributed by atoms with Gasteiger partial charge in [0.2, 0.25) is 0 Å². The molecule has 0 bridgehead atoms. The highest BCUT2D eigenvalue weighted by Gasteiger charge is 2.11. The Balaban J connectivity index is 3.00. The first-order valence-electron chi connectivity index (χ1n) is 3.77. The molecular formula is C9H6BrF2NO. The van der Waals surface area contributed by atoms with Crippen molar-refractivity contribution in [2.45, 2.75) is 0 Å². The summed E-state index contributed by atoms with van der Waals surface area (Å²) in [6, 6.07) is 4.51. The number of nitrogens with zero attached hydrogens (tertiary/aromatic N) is 1. The van der Waals surface area contributed by atoms with E-state index in [1.807, 2.05) is 0 Å². The zero-order chi connectivity index (χ0) is 10.6. The minimum atomic E-state index is -0.683. The Hall–Kier alpha value is -1.15. The Morgan fingerprint density at radius 2 is 2.21 bits per heavy atom. The summed E-state index contributed by atoms with van der Waals surface area (Å²) < 4.78 is 29.9. The Labute approximate surface area is 88.2 Å². The highest BCUT2D eigenvalue weighted by atomic mass is 79.9. The van der Waals surface area contributed by atoms with Gasteiger partial charge in [-0.2, -0.15) is 5.26 Å². The van der Waals surface area contributed by atoms with Gasteiger partial charge in [0.15, 0.2) is 11.6 Å². The van der Waals surface area contributed by atoms with Crippen LogP contribution in [0, 0.1) is 17.1 Å². The van der Waals surface area contributed by atoms with Crippen molar-refractivity contribution in [2.24, 2.45) is 0 Å². The van der Waals surface area contributed by atoms with E-state index in [1.165, 1.54) is 12.1 Å². The van der Waals surface area contributed by atoms with Crippen LogP contribution < -0.4 is 4.74 Å². The van der Waals surface area contributed by atoms with E-state index in [9.17, 15) is 8.78 Å². The van der Waals surface area contributed by atoms with Crippen LogP contribution in [0.4, 0.5) is 8.78 Å². The largest absolute Gasteiger partial charge is 0.488 e. The van der Waals surface area contributed by atoms with E-state index in [-0.39, 0.29) is 22.4 Å². The van der Waals surface area contributed by atoms with Gasteiger partial charge in [0.1, 0.15) is 19.4 Å². The molecule has 0 heterocycles. The fraction of sp³-hybridized carbons (Fsp3) is 0.222. The van der Waals surface area contributed by atoms with E-state index in [4.69, 9.17) is 10.00 Å². The third-order valence-electron chi connectivity index (χ3n) is 1.50. The Morgan fingerprint density at radius 1 is 1.50 bits per heavy atom. The summed E-state index contributed by atoms with van der Waals surface area (Å²) in [5.74, 6) is -0.744. The van der Waals surface area contributed by atoms with E-state index in [1.54, 1.807) is 6.07 Å². The first-order chi connectivity index (χ1) is 6.70. The molecular weight excluding hydrogens is 256 g/mol.